The van der Waals surface area contributed by atoms with Gasteiger partial charge in [-0.05, 0) is 31.5 Å². The van der Waals surface area contributed by atoms with E-state index < -0.39 is 0 Å². The highest BCUT2D eigenvalue weighted by Crippen LogP contribution is 2.37. The highest BCUT2D eigenvalue weighted by Gasteiger charge is 2.20. The van der Waals surface area contributed by atoms with Crippen LogP contribution in [0.15, 0.2) is 36.4 Å². The lowest BCUT2D eigenvalue weighted by atomic mass is 10.1. The van der Waals surface area contributed by atoms with Crippen molar-refractivity contribution in [2.24, 2.45) is 5.73 Å². The fraction of sp³-hybridized carbons (Fsp3) is 0.375. The quantitative estimate of drug-likeness (QED) is 0.769. The van der Waals surface area contributed by atoms with Gasteiger partial charge in [0.05, 0.1) is 8.67 Å². The van der Waals surface area contributed by atoms with Gasteiger partial charge in [-0.2, -0.15) is 0 Å². The van der Waals surface area contributed by atoms with Gasteiger partial charge in [0.2, 0.25) is 0 Å². The molecular formula is C16H20Cl2N2S. The first-order valence-corrected chi connectivity index (χ1v) is 8.62. The van der Waals surface area contributed by atoms with E-state index >= 15 is 0 Å². The molecule has 0 aliphatic carbocycles. The van der Waals surface area contributed by atoms with Crippen LogP contribution >= 0.6 is 34.5 Å². The fourth-order valence-electron chi connectivity index (χ4n) is 2.36. The van der Waals surface area contributed by atoms with Crippen molar-refractivity contribution < 1.29 is 0 Å². The van der Waals surface area contributed by atoms with E-state index in [1.54, 1.807) is 0 Å². The van der Waals surface area contributed by atoms with E-state index in [4.69, 9.17) is 28.9 Å². The van der Waals surface area contributed by atoms with Crippen LogP contribution in [-0.4, -0.2) is 18.0 Å². The number of hydrogen-bond acceptors (Lipinski definition) is 3. The van der Waals surface area contributed by atoms with Crippen molar-refractivity contribution >= 4 is 34.5 Å². The van der Waals surface area contributed by atoms with Crippen LogP contribution in [-0.2, 0) is 6.54 Å². The Balaban J connectivity index is 2.16. The van der Waals surface area contributed by atoms with Crippen LogP contribution in [0.2, 0.25) is 8.67 Å². The zero-order valence-electron chi connectivity index (χ0n) is 12.1. The van der Waals surface area contributed by atoms with E-state index in [1.165, 1.54) is 16.9 Å². The second-order valence-corrected chi connectivity index (χ2v) is 7.34. The Labute approximate surface area is 140 Å². The molecule has 0 aliphatic heterocycles. The topological polar surface area (TPSA) is 29.3 Å². The predicted octanol–water partition coefficient (Wildman–Crippen LogP) is 4.97. The van der Waals surface area contributed by atoms with E-state index in [1.807, 2.05) is 12.1 Å². The van der Waals surface area contributed by atoms with Crippen molar-refractivity contribution in [2.45, 2.75) is 25.9 Å². The van der Waals surface area contributed by atoms with Crippen molar-refractivity contribution in [1.82, 2.24) is 4.90 Å². The Bertz CT molecular complexity index is 557. The third-order valence-electron chi connectivity index (χ3n) is 3.56. The summed E-state index contributed by atoms with van der Waals surface area (Å²) < 4.78 is 1.51. The maximum atomic E-state index is 6.30. The molecule has 0 saturated carbocycles. The summed E-state index contributed by atoms with van der Waals surface area (Å²) in [5.74, 6) is 0. The highest BCUT2D eigenvalue weighted by molar-refractivity contribution is 7.20. The number of thiophene rings is 1. The maximum Gasteiger partial charge on any atom is 0.0991 e. The number of halogens is 2. The second-order valence-electron chi connectivity index (χ2n) is 5.05. The molecule has 0 saturated heterocycles. The van der Waals surface area contributed by atoms with Crippen LogP contribution in [0.1, 0.15) is 30.5 Å². The van der Waals surface area contributed by atoms with Gasteiger partial charge >= 0.3 is 0 Å². The van der Waals surface area contributed by atoms with Gasteiger partial charge in [0.25, 0.3) is 0 Å². The molecule has 5 heteroatoms. The van der Waals surface area contributed by atoms with E-state index in [0.29, 0.717) is 6.54 Å². The third-order valence-corrected chi connectivity index (χ3v) is 5.08. The first kappa shape index (κ1) is 16.8. The van der Waals surface area contributed by atoms with Crippen LogP contribution in [0, 0.1) is 0 Å². The molecule has 114 valence electrons. The molecule has 2 aromatic rings. The molecule has 0 fully saturated rings. The Morgan fingerprint density at radius 1 is 1.24 bits per heavy atom. The molecule has 0 radical (unpaired) electrons. The largest absolute Gasteiger partial charge is 0.330 e. The van der Waals surface area contributed by atoms with Gasteiger partial charge in [-0.3, -0.25) is 4.90 Å². The second kappa shape index (κ2) is 8.16. The van der Waals surface area contributed by atoms with Gasteiger partial charge in [-0.1, -0.05) is 53.5 Å². The maximum absolute atomic E-state index is 6.30. The van der Waals surface area contributed by atoms with E-state index in [9.17, 15) is 0 Å². The minimum Gasteiger partial charge on any atom is -0.330 e. The van der Waals surface area contributed by atoms with Crippen molar-refractivity contribution in [3.8, 4) is 0 Å². The van der Waals surface area contributed by atoms with Crippen LogP contribution in [0.4, 0.5) is 0 Å². The van der Waals surface area contributed by atoms with Crippen molar-refractivity contribution in [3.63, 3.8) is 0 Å². The number of nitrogens with zero attached hydrogens (tertiary/aromatic N) is 1. The predicted molar refractivity (Wildman–Crippen MR) is 93.3 cm³/mol. The van der Waals surface area contributed by atoms with Crippen molar-refractivity contribution in [3.05, 3.63) is 56.2 Å². The standard InChI is InChI=1S/C16H20Cl2N2S/c1-12(14-10-15(17)21-16(14)18)20(9-5-8-19)11-13-6-3-2-4-7-13/h2-4,6-7,10,12H,5,8-9,11,19H2,1H3. The number of rotatable bonds is 7. The number of nitrogens with two attached hydrogens (primary N) is 1. The van der Waals surface area contributed by atoms with Gasteiger partial charge in [0, 0.05) is 24.7 Å². The van der Waals surface area contributed by atoms with E-state index in [0.717, 1.165) is 33.7 Å². The molecule has 1 unspecified atom stereocenters. The van der Waals surface area contributed by atoms with Crippen molar-refractivity contribution in [1.29, 1.82) is 0 Å². The average Bonchev–Trinajstić information content (AvgIpc) is 2.82. The molecule has 1 aromatic heterocycles. The fourth-order valence-corrected chi connectivity index (χ4v) is 3.99. The van der Waals surface area contributed by atoms with Gasteiger partial charge in [0.15, 0.2) is 0 Å². The minimum absolute atomic E-state index is 0.216. The third kappa shape index (κ3) is 4.70. The normalized spacial score (nSPS) is 12.8. The van der Waals surface area contributed by atoms with Gasteiger partial charge in [-0.25, -0.2) is 0 Å². The van der Waals surface area contributed by atoms with Gasteiger partial charge in [0.1, 0.15) is 0 Å². The lowest BCUT2D eigenvalue weighted by molar-refractivity contribution is 0.200. The molecule has 2 nitrogen and oxygen atoms in total. The summed E-state index contributed by atoms with van der Waals surface area (Å²) in [4.78, 5) is 2.40. The molecular weight excluding hydrogens is 323 g/mol. The monoisotopic (exact) mass is 342 g/mol. The Kier molecular flexibility index (Phi) is 6.52. The summed E-state index contributed by atoms with van der Waals surface area (Å²) in [7, 11) is 0. The Morgan fingerprint density at radius 2 is 1.95 bits per heavy atom. The molecule has 21 heavy (non-hydrogen) atoms. The lowest BCUT2D eigenvalue weighted by Crippen LogP contribution is -2.29. The molecule has 2 rings (SSSR count). The summed E-state index contributed by atoms with van der Waals surface area (Å²) in [6, 6.07) is 12.6. The van der Waals surface area contributed by atoms with Gasteiger partial charge in [-0.15, -0.1) is 11.3 Å². The summed E-state index contributed by atoms with van der Waals surface area (Å²) in [5, 5.41) is 0. The molecule has 2 N–H and O–H groups in total. The highest BCUT2D eigenvalue weighted by atomic mass is 35.5. The van der Waals surface area contributed by atoms with Crippen LogP contribution < -0.4 is 5.73 Å². The molecule has 1 aromatic carbocycles. The molecule has 0 spiro atoms. The summed E-state index contributed by atoms with van der Waals surface area (Å²) in [6.45, 7) is 4.68. The number of hydrogen-bond donors (Lipinski definition) is 1. The van der Waals surface area contributed by atoms with E-state index in [2.05, 4.69) is 36.1 Å². The van der Waals surface area contributed by atoms with Crippen LogP contribution in [0.25, 0.3) is 0 Å². The first-order chi connectivity index (χ1) is 10.1. The Morgan fingerprint density at radius 3 is 2.52 bits per heavy atom. The molecule has 0 bridgehead atoms. The Hall–Kier alpha value is -0.580. The minimum atomic E-state index is 0.216. The number of benzene rings is 1. The molecule has 0 amide bonds. The van der Waals surface area contributed by atoms with Gasteiger partial charge < -0.3 is 5.73 Å². The molecule has 1 heterocycles. The first-order valence-electron chi connectivity index (χ1n) is 7.04. The summed E-state index contributed by atoms with van der Waals surface area (Å²) >= 11 is 13.8. The van der Waals surface area contributed by atoms with Crippen LogP contribution in [0.5, 0.6) is 0 Å². The smallest absolute Gasteiger partial charge is 0.0991 e. The lowest BCUT2D eigenvalue weighted by Gasteiger charge is -2.29. The summed E-state index contributed by atoms with van der Waals surface area (Å²) in [5.41, 5.74) is 8.06. The van der Waals surface area contributed by atoms with Crippen LogP contribution in [0.3, 0.4) is 0 Å². The van der Waals surface area contributed by atoms with E-state index in [-0.39, 0.29) is 6.04 Å². The molecule has 1 atom stereocenters. The zero-order chi connectivity index (χ0) is 15.2. The zero-order valence-corrected chi connectivity index (χ0v) is 14.4. The average molecular weight is 343 g/mol. The summed E-state index contributed by atoms with van der Waals surface area (Å²) in [6.07, 6.45) is 0.965. The molecule has 0 aliphatic rings. The van der Waals surface area contributed by atoms with Crippen molar-refractivity contribution in [2.75, 3.05) is 13.1 Å². The SMILES string of the molecule is CC(c1cc(Cl)sc1Cl)N(CCCN)Cc1ccccc1.